The van der Waals surface area contributed by atoms with Gasteiger partial charge in [0.1, 0.15) is 6.04 Å². The normalized spacial score (nSPS) is 19.0. The van der Waals surface area contributed by atoms with Gasteiger partial charge < -0.3 is 15.8 Å². The highest BCUT2D eigenvalue weighted by atomic mass is 16.4. The van der Waals surface area contributed by atoms with Crippen LogP contribution in [-0.2, 0) is 11.2 Å². The van der Waals surface area contributed by atoms with Crippen LogP contribution in [0.3, 0.4) is 0 Å². The molecule has 3 rings (SSSR count). The second kappa shape index (κ2) is 8.40. The summed E-state index contributed by atoms with van der Waals surface area (Å²) >= 11 is 0. The van der Waals surface area contributed by atoms with Gasteiger partial charge in [-0.2, -0.15) is 0 Å². The number of aliphatic carboxylic acids is 1. The van der Waals surface area contributed by atoms with Crippen molar-refractivity contribution in [3.63, 3.8) is 0 Å². The maximum atomic E-state index is 10.3. The number of nitrogens with one attached hydrogen (secondary N) is 1. The highest BCUT2D eigenvalue weighted by molar-refractivity contribution is 5.73. The van der Waals surface area contributed by atoms with E-state index >= 15 is 0 Å². The van der Waals surface area contributed by atoms with Crippen LogP contribution < -0.4 is 5.73 Å². The van der Waals surface area contributed by atoms with Gasteiger partial charge in [0.15, 0.2) is 0 Å². The third kappa shape index (κ3) is 5.15. The zero-order chi connectivity index (χ0) is 16.7. The van der Waals surface area contributed by atoms with Crippen LogP contribution in [0.2, 0.25) is 0 Å². The molecule has 7 heteroatoms. The van der Waals surface area contributed by atoms with E-state index < -0.39 is 12.0 Å². The molecule has 3 heterocycles. The number of aromatic nitrogens is 3. The van der Waals surface area contributed by atoms with Crippen molar-refractivity contribution in [2.24, 2.45) is 5.73 Å². The van der Waals surface area contributed by atoms with E-state index in [1.54, 1.807) is 6.20 Å². The standard InChI is InChI=1S/C10H14N2.C6H9N3O2/c1-12-7-3-5-10(12)9-4-2-6-11-8-9;7-5(6(10)11)1-4-2-8-3-9-4/h2,4,6,8,10H,3,5,7H2,1H3;2-3,5H,1,7H2,(H,8,9)(H,10,11). The lowest BCUT2D eigenvalue weighted by molar-refractivity contribution is -0.138. The average Bonchev–Trinajstić information content (AvgIpc) is 3.20. The molecule has 2 aromatic heterocycles. The maximum absolute atomic E-state index is 10.3. The smallest absolute Gasteiger partial charge is 0.320 e. The third-order valence-electron chi connectivity index (χ3n) is 3.90. The number of rotatable bonds is 4. The topological polar surface area (TPSA) is 108 Å². The Labute approximate surface area is 135 Å². The number of likely N-dealkylation sites (tertiary alicyclic amines) is 1. The van der Waals surface area contributed by atoms with Crippen LogP contribution in [-0.4, -0.2) is 50.6 Å². The molecule has 124 valence electrons. The second-order valence-electron chi connectivity index (χ2n) is 5.65. The number of hydrogen-bond acceptors (Lipinski definition) is 5. The minimum Gasteiger partial charge on any atom is -0.480 e. The van der Waals surface area contributed by atoms with Gasteiger partial charge in [-0.15, -0.1) is 0 Å². The van der Waals surface area contributed by atoms with Gasteiger partial charge in [0, 0.05) is 36.7 Å². The summed E-state index contributed by atoms with van der Waals surface area (Å²) in [5.41, 5.74) is 7.36. The predicted molar refractivity (Wildman–Crippen MR) is 86.7 cm³/mol. The average molecular weight is 317 g/mol. The molecule has 0 bridgehead atoms. The first-order valence-electron chi connectivity index (χ1n) is 7.63. The van der Waals surface area contributed by atoms with E-state index in [9.17, 15) is 4.79 Å². The third-order valence-corrected chi connectivity index (χ3v) is 3.90. The summed E-state index contributed by atoms with van der Waals surface area (Å²) in [5.74, 6) is -1.00. The Morgan fingerprint density at radius 1 is 1.52 bits per heavy atom. The molecule has 1 aliphatic heterocycles. The Balaban J connectivity index is 0.000000168. The Morgan fingerprint density at radius 3 is 2.87 bits per heavy atom. The lowest BCUT2D eigenvalue weighted by Gasteiger charge is -2.18. The number of imidazole rings is 1. The van der Waals surface area contributed by atoms with Gasteiger partial charge in [0.05, 0.1) is 6.33 Å². The maximum Gasteiger partial charge on any atom is 0.320 e. The fourth-order valence-corrected chi connectivity index (χ4v) is 2.63. The van der Waals surface area contributed by atoms with Gasteiger partial charge in [-0.25, -0.2) is 4.98 Å². The number of carboxylic acids is 1. The first-order valence-corrected chi connectivity index (χ1v) is 7.63. The zero-order valence-electron chi connectivity index (χ0n) is 13.2. The first kappa shape index (κ1) is 17.1. The molecule has 0 aliphatic carbocycles. The summed E-state index contributed by atoms with van der Waals surface area (Å²) < 4.78 is 0. The summed E-state index contributed by atoms with van der Waals surface area (Å²) in [6.07, 6.45) is 9.74. The van der Waals surface area contributed by atoms with Gasteiger partial charge >= 0.3 is 5.97 Å². The van der Waals surface area contributed by atoms with Gasteiger partial charge in [-0.3, -0.25) is 14.7 Å². The number of nitrogens with zero attached hydrogens (tertiary/aromatic N) is 3. The van der Waals surface area contributed by atoms with Crippen LogP contribution in [0.1, 0.15) is 30.1 Å². The van der Waals surface area contributed by atoms with E-state index in [1.807, 2.05) is 18.5 Å². The number of carbonyl (C=O) groups is 1. The molecule has 23 heavy (non-hydrogen) atoms. The summed E-state index contributed by atoms with van der Waals surface area (Å²) in [7, 11) is 2.19. The van der Waals surface area contributed by atoms with Crippen LogP contribution in [0.5, 0.6) is 0 Å². The van der Waals surface area contributed by atoms with Crippen molar-refractivity contribution in [3.05, 3.63) is 48.3 Å². The van der Waals surface area contributed by atoms with Crippen molar-refractivity contribution in [2.75, 3.05) is 13.6 Å². The summed E-state index contributed by atoms with van der Waals surface area (Å²) in [5, 5.41) is 8.42. The van der Waals surface area contributed by atoms with Crippen molar-refractivity contribution in [2.45, 2.75) is 31.3 Å². The molecule has 2 aromatic rings. The quantitative estimate of drug-likeness (QED) is 0.782. The molecule has 1 saturated heterocycles. The summed E-state index contributed by atoms with van der Waals surface area (Å²) in [6, 6.07) is 3.94. The van der Waals surface area contributed by atoms with Crippen LogP contribution >= 0.6 is 0 Å². The number of pyridine rings is 1. The minimum atomic E-state index is -1.00. The molecule has 1 fully saturated rings. The fourth-order valence-electron chi connectivity index (χ4n) is 2.63. The highest BCUT2D eigenvalue weighted by Crippen LogP contribution is 2.29. The van der Waals surface area contributed by atoms with E-state index in [1.165, 1.54) is 31.3 Å². The van der Waals surface area contributed by atoms with E-state index in [4.69, 9.17) is 10.8 Å². The summed E-state index contributed by atoms with van der Waals surface area (Å²) in [6.45, 7) is 1.22. The van der Waals surface area contributed by atoms with Gasteiger partial charge in [-0.1, -0.05) is 6.07 Å². The largest absolute Gasteiger partial charge is 0.480 e. The Morgan fingerprint density at radius 2 is 2.35 bits per heavy atom. The minimum absolute atomic E-state index is 0.287. The lowest BCUT2D eigenvalue weighted by atomic mass is 10.1. The van der Waals surface area contributed by atoms with E-state index in [2.05, 4.69) is 33.0 Å². The molecule has 0 radical (unpaired) electrons. The summed E-state index contributed by atoms with van der Waals surface area (Å²) in [4.78, 5) is 23.3. The second-order valence-corrected chi connectivity index (χ2v) is 5.65. The van der Waals surface area contributed by atoms with Crippen molar-refractivity contribution < 1.29 is 9.90 Å². The molecule has 2 unspecified atom stereocenters. The van der Waals surface area contributed by atoms with Crippen molar-refractivity contribution in [1.82, 2.24) is 19.9 Å². The molecule has 7 nitrogen and oxygen atoms in total. The molecule has 4 N–H and O–H groups in total. The zero-order valence-corrected chi connectivity index (χ0v) is 13.2. The van der Waals surface area contributed by atoms with E-state index in [-0.39, 0.29) is 6.42 Å². The van der Waals surface area contributed by atoms with Gasteiger partial charge in [0.2, 0.25) is 0 Å². The molecule has 0 amide bonds. The van der Waals surface area contributed by atoms with Crippen LogP contribution in [0.4, 0.5) is 0 Å². The van der Waals surface area contributed by atoms with E-state index in [0.717, 1.165) is 5.69 Å². The van der Waals surface area contributed by atoms with Crippen molar-refractivity contribution >= 4 is 5.97 Å². The Hall–Kier alpha value is -2.25. The number of nitrogens with two attached hydrogens (primary N) is 1. The van der Waals surface area contributed by atoms with Crippen LogP contribution in [0.15, 0.2) is 37.1 Å². The number of hydrogen-bond donors (Lipinski definition) is 3. The SMILES string of the molecule is CN1CCCC1c1cccnc1.NC(Cc1cnc[nH]1)C(=O)O. The monoisotopic (exact) mass is 317 g/mol. The fraction of sp³-hybridized carbons (Fsp3) is 0.438. The molecule has 0 aromatic carbocycles. The van der Waals surface area contributed by atoms with Crippen molar-refractivity contribution in [3.8, 4) is 0 Å². The number of carboxylic acid groups (broad SMARTS) is 1. The Bertz CT molecular complexity index is 588. The Kier molecular flexibility index (Phi) is 6.25. The molecular weight excluding hydrogens is 294 g/mol. The lowest BCUT2D eigenvalue weighted by Crippen LogP contribution is -2.32. The van der Waals surface area contributed by atoms with Crippen molar-refractivity contribution in [1.29, 1.82) is 0 Å². The molecule has 0 spiro atoms. The molecule has 0 saturated carbocycles. The number of aromatic amines is 1. The molecule has 2 atom stereocenters. The molecular formula is C16H23N5O2. The number of H-pyrrole nitrogens is 1. The van der Waals surface area contributed by atoms with Crippen LogP contribution in [0, 0.1) is 0 Å². The van der Waals surface area contributed by atoms with E-state index in [0.29, 0.717) is 6.04 Å². The predicted octanol–water partition coefficient (Wildman–Crippen LogP) is 1.21. The highest BCUT2D eigenvalue weighted by Gasteiger charge is 2.21. The molecule has 1 aliphatic rings. The van der Waals surface area contributed by atoms with Gasteiger partial charge in [0.25, 0.3) is 0 Å². The van der Waals surface area contributed by atoms with Crippen LogP contribution in [0.25, 0.3) is 0 Å². The first-order chi connectivity index (χ1) is 11.1. The van der Waals surface area contributed by atoms with Gasteiger partial charge in [-0.05, 0) is 38.1 Å².